The normalized spacial score (nSPS) is 29.2. The summed E-state index contributed by atoms with van der Waals surface area (Å²) in [7, 11) is 0. The summed E-state index contributed by atoms with van der Waals surface area (Å²) in [6, 6.07) is 0. The van der Waals surface area contributed by atoms with E-state index in [0.717, 1.165) is 0 Å². The number of esters is 1. The van der Waals surface area contributed by atoms with Crippen LogP contribution in [0, 0.1) is 5.92 Å². The minimum absolute atomic E-state index is 0.128. The van der Waals surface area contributed by atoms with E-state index in [1.807, 2.05) is 0 Å². The van der Waals surface area contributed by atoms with E-state index < -0.39 is 79.9 Å². The topological polar surface area (TPSA) is 224 Å². The highest BCUT2D eigenvalue weighted by molar-refractivity contribution is 5.76. The molecule has 34 heavy (non-hydrogen) atoms. The number of hydrogen-bond donors (Lipinski definition) is 8. The summed E-state index contributed by atoms with van der Waals surface area (Å²) in [6.45, 7) is 3.04. The second-order valence-corrected chi connectivity index (χ2v) is 8.95. The Kier molecular flexibility index (Phi) is 12.4. The van der Waals surface area contributed by atoms with Crippen molar-refractivity contribution in [3.8, 4) is 0 Å². The van der Waals surface area contributed by atoms with Gasteiger partial charge in [0.2, 0.25) is 6.29 Å². The molecular formula is C21H38O13. The molecule has 200 valence electrons. The molecule has 1 aliphatic rings. The highest BCUT2D eigenvalue weighted by Crippen LogP contribution is 2.34. The van der Waals surface area contributed by atoms with E-state index in [0.29, 0.717) is 0 Å². The Morgan fingerprint density at radius 2 is 1.59 bits per heavy atom. The van der Waals surface area contributed by atoms with Gasteiger partial charge >= 0.3 is 5.97 Å². The van der Waals surface area contributed by atoms with Crippen LogP contribution in [0.5, 0.6) is 0 Å². The van der Waals surface area contributed by atoms with Crippen molar-refractivity contribution in [1.82, 2.24) is 0 Å². The Morgan fingerprint density at radius 3 is 2.12 bits per heavy atom. The molecule has 0 aromatic rings. The maximum atomic E-state index is 11.8. The van der Waals surface area contributed by atoms with E-state index in [2.05, 4.69) is 0 Å². The summed E-state index contributed by atoms with van der Waals surface area (Å²) in [6.07, 6.45) is -13.8. The molecule has 1 rings (SSSR count). The number of ether oxygens (including phenoxy) is 3. The first kappa shape index (κ1) is 30.8. The summed E-state index contributed by atoms with van der Waals surface area (Å²) >= 11 is 0. The van der Waals surface area contributed by atoms with Crippen LogP contribution in [0.2, 0.25) is 0 Å². The largest absolute Gasteiger partial charge is 0.433 e. The molecule has 0 aromatic carbocycles. The number of rotatable bonds is 14. The second kappa shape index (κ2) is 13.7. The van der Waals surface area contributed by atoms with Crippen molar-refractivity contribution in [3.63, 3.8) is 0 Å². The Hall–Kier alpha value is -1.26. The summed E-state index contributed by atoms with van der Waals surface area (Å²) in [5.74, 6) is -2.14. The zero-order valence-electron chi connectivity index (χ0n) is 19.6. The molecule has 0 amide bonds. The average Bonchev–Trinajstić information content (AvgIpc) is 2.76. The van der Waals surface area contributed by atoms with E-state index in [-0.39, 0.29) is 31.5 Å². The first-order valence-electron chi connectivity index (χ1n) is 11.1. The van der Waals surface area contributed by atoms with Gasteiger partial charge < -0.3 is 59.9 Å². The number of carbonyl (C=O) groups excluding carboxylic acids is 2. The van der Waals surface area contributed by atoms with Crippen molar-refractivity contribution >= 4 is 11.8 Å². The number of Topliss-reactive ketones (excluding diaryl/α,β-unsaturated/α-hetero) is 1. The van der Waals surface area contributed by atoms with Gasteiger partial charge in [-0.25, -0.2) is 0 Å². The lowest BCUT2D eigenvalue weighted by atomic mass is 9.81. The lowest BCUT2D eigenvalue weighted by Crippen LogP contribution is -2.61. The zero-order valence-corrected chi connectivity index (χ0v) is 19.6. The molecule has 1 aliphatic heterocycles. The molecule has 9 atom stereocenters. The van der Waals surface area contributed by atoms with Crippen LogP contribution in [-0.4, -0.2) is 121 Å². The third kappa shape index (κ3) is 8.45. The molecule has 1 saturated heterocycles. The van der Waals surface area contributed by atoms with Gasteiger partial charge in [0.1, 0.15) is 36.3 Å². The fourth-order valence-corrected chi connectivity index (χ4v) is 3.77. The van der Waals surface area contributed by atoms with Gasteiger partial charge in [-0.05, 0) is 33.6 Å². The van der Waals surface area contributed by atoms with Gasteiger partial charge in [-0.15, -0.1) is 0 Å². The number of aliphatic hydroxyl groups excluding tert-OH is 8. The smallest absolute Gasteiger partial charge is 0.308 e. The van der Waals surface area contributed by atoms with Crippen LogP contribution >= 0.6 is 0 Å². The highest BCUT2D eigenvalue weighted by Gasteiger charge is 2.49. The molecule has 0 aliphatic carbocycles. The summed E-state index contributed by atoms with van der Waals surface area (Å²) in [5.41, 5.74) is -1.48. The minimum Gasteiger partial charge on any atom is -0.433 e. The van der Waals surface area contributed by atoms with Crippen LogP contribution in [0.3, 0.4) is 0 Å². The molecule has 1 fully saturated rings. The monoisotopic (exact) mass is 498 g/mol. The van der Waals surface area contributed by atoms with Crippen molar-refractivity contribution in [3.05, 3.63) is 0 Å². The molecule has 0 radical (unpaired) electrons. The predicted octanol–water partition coefficient (Wildman–Crippen LogP) is -3.08. The van der Waals surface area contributed by atoms with Crippen molar-refractivity contribution < 1.29 is 64.7 Å². The molecule has 13 heteroatoms. The van der Waals surface area contributed by atoms with Crippen LogP contribution in [0.25, 0.3) is 0 Å². The summed E-state index contributed by atoms with van der Waals surface area (Å²) < 4.78 is 15.7. The van der Waals surface area contributed by atoms with Gasteiger partial charge in [0.15, 0.2) is 6.29 Å². The fourth-order valence-electron chi connectivity index (χ4n) is 3.77. The van der Waals surface area contributed by atoms with E-state index in [9.17, 15) is 50.4 Å². The van der Waals surface area contributed by atoms with Gasteiger partial charge in [0, 0.05) is 25.4 Å². The van der Waals surface area contributed by atoms with E-state index in [4.69, 9.17) is 14.2 Å². The van der Waals surface area contributed by atoms with Crippen LogP contribution in [0.4, 0.5) is 0 Å². The van der Waals surface area contributed by atoms with Crippen molar-refractivity contribution in [2.24, 2.45) is 5.92 Å². The predicted molar refractivity (Wildman–Crippen MR) is 113 cm³/mol. The molecule has 13 nitrogen and oxygen atoms in total. The molecule has 0 bridgehead atoms. The average molecular weight is 499 g/mol. The SMILES string of the molecule is CC(=O)CCCC(=O)OC(O)C(O)C(O)C(CCO)C(C)(C)OC1OC(CO)C(O)C(O)C1O. The van der Waals surface area contributed by atoms with Crippen molar-refractivity contribution in [2.75, 3.05) is 13.2 Å². The lowest BCUT2D eigenvalue weighted by molar-refractivity contribution is -0.333. The molecule has 0 aromatic heterocycles. The molecule has 1 heterocycles. The molecule has 0 saturated carbocycles. The Morgan fingerprint density at radius 1 is 0.971 bits per heavy atom. The Labute approximate surface area is 197 Å². The number of aliphatic hydroxyl groups is 8. The standard InChI is InChI=1S/C21H38O13/c1-10(24)5-4-6-13(25)33-19(31)17(29)14(26)11(7-8-22)21(2,3)34-20-18(30)16(28)15(27)12(9-23)32-20/h11-12,14-20,22-23,26-31H,4-9H2,1-3H3. The number of hydrogen-bond acceptors (Lipinski definition) is 13. The van der Waals surface area contributed by atoms with Crippen LogP contribution in [0.15, 0.2) is 0 Å². The molecule has 8 N–H and O–H groups in total. The second-order valence-electron chi connectivity index (χ2n) is 8.95. The zero-order chi connectivity index (χ0) is 26.2. The molecular weight excluding hydrogens is 460 g/mol. The van der Waals surface area contributed by atoms with E-state index in [1.165, 1.54) is 20.8 Å². The van der Waals surface area contributed by atoms with Crippen molar-refractivity contribution in [1.29, 1.82) is 0 Å². The summed E-state index contributed by atoms with van der Waals surface area (Å²) in [5, 5.41) is 80.0. The van der Waals surface area contributed by atoms with E-state index in [1.54, 1.807) is 0 Å². The van der Waals surface area contributed by atoms with Gasteiger partial charge in [-0.3, -0.25) is 4.79 Å². The Bertz CT molecular complexity index is 640. The number of carbonyl (C=O) groups is 2. The third-order valence-corrected chi connectivity index (χ3v) is 5.82. The van der Waals surface area contributed by atoms with Gasteiger partial charge in [0.25, 0.3) is 0 Å². The van der Waals surface area contributed by atoms with Crippen LogP contribution in [-0.2, 0) is 23.8 Å². The highest BCUT2D eigenvalue weighted by atomic mass is 16.7. The summed E-state index contributed by atoms with van der Waals surface area (Å²) in [4.78, 5) is 22.7. The Balaban J connectivity index is 2.88. The lowest BCUT2D eigenvalue weighted by Gasteiger charge is -2.46. The van der Waals surface area contributed by atoms with Crippen molar-refractivity contribution in [2.45, 2.75) is 101 Å². The van der Waals surface area contributed by atoms with Crippen LogP contribution in [0.1, 0.15) is 46.5 Å². The maximum absolute atomic E-state index is 11.8. The number of ketones is 1. The van der Waals surface area contributed by atoms with E-state index >= 15 is 0 Å². The first-order chi connectivity index (χ1) is 15.8. The first-order valence-corrected chi connectivity index (χ1v) is 11.1. The quantitative estimate of drug-likeness (QED) is 0.0880. The van der Waals surface area contributed by atoms with Gasteiger partial charge in [0.05, 0.1) is 18.3 Å². The van der Waals surface area contributed by atoms with Gasteiger partial charge in [-0.1, -0.05) is 0 Å². The van der Waals surface area contributed by atoms with Crippen LogP contribution < -0.4 is 0 Å². The maximum Gasteiger partial charge on any atom is 0.308 e. The third-order valence-electron chi connectivity index (χ3n) is 5.82. The molecule has 9 unspecified atom stereocenters. The fraction of sp³-hybridized carbons (Fsp3) is 0.905. The minimum atomic E-state index is -2.12. The molecule has 0 spiro atoms. The van der Waals surface area contributed by atoms with Gasteiger partial charge in [-0.2, -0.15) is 0 Å².